The maximum Gasteiger partial charge on any atom is 0.170 e. The molecule has 0 radical (unpaired) electrons. The van der Waals surface area contributed by atoms with Crippen LogP contribution in [0.25, 0.3) is 0 Å². The fourth-order valence-electron chi connectivity index (χ4n) is 2.48. The standard InChI is InChI=1S/C19H16OS/c20-19(16-10-5-2-6-11-16)18(14-17-12-7-13-21-17)15-8-3-1-4-9-15/h1-13,18H,14H2. The smallest absolute Gasteiger partial charge is 0.170 e. The average molecular weight is 292 g/mol. The highest BCUT2D eigenvalue weighted by atomic mass is 32.1. The van der Waals surface area contributed by atoms with Crippen LogP contribution in [0.4, 0.5) is 0 Å². The lowest BCUT2D eigenvalue weighted by molar-refractivity contribution is 0.0959. The third-order valence-electron chi connectivity index (χ3n) is 3.56. The molecule has 0 aliphatic rings. The fourth-order valence-corrected chi connectivity index (χ4v) is 3.23. The van der Waals surface area contributed by atoms with Crippen LogP contribution < -0.4 is 0 Å². The molecule has 0 fully saturated rings. The molecule has 0 N–H and O–H groups in total. The summed E-state index contributed by atoms with van der Waals surface area (Å²) in [4.78, 5) is 14.1. The SMILES string of the molecule is O=C(c1ccccc1)C(Cc1cccs1)c1ccccc1. The summed E-state index contributed by atoms with van der Waals surface area (Å²) in [5.41, 5.74) is 1.86. The van der Waals surface area contributed by atoms with E-state index in [-0.39, 0.29) is 11.7 Å². The molecule has 2 aromatic carbocycles. The highest BCUT2D eigenvalue weighted by Gasteiger charge is 2.22. The van der Waals surface area contributed by atoms with E-state index in [0.29, 0.717) is 0 Å². The molecule has 0 aliphatic heterocycles. The largest absolute Gasteiger partial charge is 0.293 e. The molecule has 21 heavy (non-hydrogen) atoms. The van der Waals surface area contributed by atoms with Crippen LogP contribution in [0.15, 0.2) is 78.2 Å². The molecule has 1 atom stereocenters. The predicted octanol–water partition coefficient (Wildman–Crippen LogP) is 4.96. The van der Waals surface area contributed by atoms with E-state index in [2.05, 4.69) is 11.4 Å². The molecule has 0 saturated carbocycles. The molecule has 0 spiro atoms. The maximum atomic E-state index is 12.9. The Kier molecular flexibility index (Phi) is 4.27. The highest BCUT2D eigenvalue weighted by molar-refractivity contribution is 7.09. The average Bonchev–Trinajstić information content (AvgIpc) is 3.07. The van der Waals surface area contributed by atoms with Gasteiger partial charge >= 0.3 is 0 Å². The quantitative estimate of drug-likeness (QED) is 0.608. The van der Waals surface area contributed by atoms with E-state index in [0.717, 1.165) is 17.5 Å². The molecular weight excluding hydrogens is 276 g/mol. The molecule has 104 valence electrons. The lowest BCUT2D eigenvalue weighted by atomic mass is 9.87. The number of hydrogen-bond donors (Lipinski definition) is 0. The molecule has 3 rings (SSSR count). The van der Waals surface area contributed by atoms with E-state index in [4.69, 9.17) is 0 Å². The summed E-state index contributed by atoms with van der Waals surface area (Å²) in [6.45, 7) is 0. The minimum absolute atomic E-state index is 0.118. The number of carbonyl (C=O) groups is 1. The first-order valence-electron chi connectivity index (χ1n) is 7.01. The number of rotatable bonds is 5. The molecule has 0 bridgehead atoms. The molecule has 1 nitrogen and oxygen atoms in total. The Morgan fingerprint density at radius 1 is 0.857 bits per heavy atom. The van der Waals surface area contributed by atoms with E-state index < -0.39 is 0 Å². The molecule has 1 aromatic heterocycles. The zero-order chi connectivity index (χ0) is 14.5. The van der Waals surface area contributed by atoms with Crippen molar-refractivity contribution in [1.82, 2.24) is 0 Å². The van der Waals surface area contributed by atoms with Crippen molar-refractivity contribution in [2.24, 2.45) is 0 Å². The van der Waals surface area contributed by atoms with Gasteiger partial charge in [-0.1, -0.05) is 66.7 Å². The Bertz CT molecular complexity index is 687. The van der Waals surface area contributed by atoms with Crippen molar-refractivity contribution in [3.8, 4) is 0 Å². The van der Waals surface area contributed by atoms with Gasteiger partial charge in [0.25, 0.3) is 0 Å². The van der Waals surface area contributed by atoms with Crippen LogP contribution in [0.3, 0.4) is 0 Å². The minimum atomic E-state index is -0.118. The number of thiophene rings is 1. The lowest BCUT2D eigenvalue weighted by Crippen LogP contribution is -2.15. The first-order valence-corrected chi connectivity index (χ1v) is 7.89. The number of benzene rings is 2. The Labute approximate surface area is 128 Å². The Morgan fingerprint density at radius 3 is 2.14 bits per heavy atom. The Hall–Kier alpha value is -2.19. The van der Waals surface area contributed by atoms with Crippen LogP contribution in [-0.4, -0.2) is 5.78 Å². The van der Waals surface area contributed by atoms with Crippen molar-refractivity contribution in [2.45, 2.75) is 12.3 Å². The minimum Gasteiger partial charge on any atom is -0.293 e. The third kappa shape index (κ3) is 3.29. The molecule has 0 amide bonds. The van der Waals surface area contributed by atoms with Crippen molar-refractivity contribution in [3.05, 3.63) is 94.2 Å². The van der Waals surface area contributed by atoms with Crippen LogP contribution in [0, 0.1) is 0 Å². The van der Waals surface area contributed by atoms with E-state index in [9.17, 15) is 4.79 Å². The van der Waals surface area contributed by atoms with Gasteiger partial charge in [0, 0.05) is 10.4 Å². The summed E-state index contributed by atoms with van der Waals surface area (Å²) in [5, 5.41) is 2.06. The molecule has 1 heterocycles. The van der Waals surface area contributed by atoms with Crippen molar-refractivity contribution in [1.29, 1.82) is 0 Å². The molecule has 0 saturated heterocycles. The zero-order valence-corrected chi connectivity index (χ0v) is 12.4. The van der Waals surface area contributed by atoms with Crippen molar-refractivity contribution >= 4 is 17.1 Å². The third-order valence-corrected chi connectivity index (χ3v) is 4.46. The van der Waals surface area contributed by atoms with Gasteiger partial charge < -0.3 is 0 Å². The molecule has 1 unspecified atom stereocenters. The van der Waals surface area contributed by atoms with Crippen LogP contribution in [-0.2, 0) is 6.42 Å². The van der Waals surface area contributed by atoms with Crippen LogP contribution in [0.2, 0.25) is 0 Å². The van der Waals surface area contributed by atoms with E-state index in [1.165, 1.54) is 4.88 Å². The molecule has 0 aliphatic carbocycles. The van der Waals surface area contributed by atoms with Gasteiger partial charge in [0.1, 0.15) is 0 Å². The molecule has 2 heteroatoms. The Morgan fingerprint density at radius 2 is 1.52 bits per heavy atom. The summed E-state index contributed by atoms with van der Waals surface area (Å²) in [6.07, 6.45) is 0.759. The normalized spacial score (nSPS) is 12.0. The number of Topliss-reactive ketones (excluding diaryl/α,β-unsaturated/α-hetero) is 1. The van der Waals surface area contributed by atoms with E-state index >= 15 is 0 Å². The highest BCUT2D eigenvalue weighted by Crippen LogP contribution is 2.27. The summed E-state index contributed by atoms with van der Waals surface area (Å²) < 4.78 is 0. The summed E-state index contributed by atoms with van der Waals surface area (Å²) in [6, 6.07) is 23.8. The number of hydrogen-bond acceptors (Lipinski definition) is 2. The Balaban J connectivity index is 1.94. The van der Waals surface area contributed by atoms with Crippen LogP contribution in [0.5, 0.6) is 0 Å². The summed E-state index contributed by atoms with van der Waals surface area (Å²) in [5.74, 6) is 0.0717. The fraction of sp³-hybridized carbons (Fsp3) is 0.105. The summed E-state index contributed by atoms with van der Waals surface area (Å²) >= 11 is 1.71. The van der Waals surface area contributed by atoms with Crippen LogP contribution >= 0.6 is 11.3 Å². The van der Waals surface area contributed by atoms with Gasteiger partial charge in [-0.15, -0.1) is 11.3 Å². The number of carbonyl (C=O) groups excluding carboxylic acids is 1. The number of ketones is 1. The van der Waals surface area contributed by atoms with Crippen molar-refractivity contribution in [2.75, 3.05) is 0 Å². The van der Waals surface area contributed by atoms with E-state index in [1.807, 2.05) is 66.7 Å². The van der Waals surface area contributed by atoms with Gasteiger partial charge in [0.15, 0.2) is 5.78 Å². The second-order valence-corrected chi connectivity index (χ2v) is 6.01. The van der Waals surface area contributed by atoms with Crippen LogP contribution in [0.1, 0.15) is 26.7 Å². The van der Waals surface area contributed by atoms with Gasteiger partial charge in [0.2, 0.25) is 0 Å². The van der Waals surface area contributed by atoms with Gasteiger partial charge in [-0.05, 0) is 23.4 Å². The first kappa shape index (κ1) is 13.8. The second kappa shape index (κ2) is 6.51. The van der Waals surface area contributed by atoms with Crippen molar-refractivity contribution < 1.29 is 4.79 Å². The zero-order valence-electron chi connectivity index (χ0n) is 11.6. The van der Waals surface area contributed by atoms with Gasteiger partial charge in [-0.25, -0.2) is 0 Å². The molecular formula is C19H16OS. The summed E-state index contributed by atoms with van der Waals surface area (Å²) in [7, 11) is 0. The van der Waals surface area contributed by atoms with Gasteiger partial charge in [0.05, 0.1) is 5.92 Å². The van der Waals surface area contributed by atoms with Gasteiger partial charge in [-0.3, -0.25) is 4.79 Å². The second-order valence-electron chi connectivity index (χ2n) is 4.98. The monoisotopic (exact) mass is 292 g/mol. The topological polar surface area (TPSA) is 17.1 Å². The molecule has 3 aromatic rings. The first-order chi connectivity index (χ1) is 10.3. The van der Waals surface area contributed by atoms with Gasteiger partial charge in [-0.2, -0.15) is 0 Å². The van der Waals surface area contributed by atoms with E-state index in [1.54, 1.807) is 11.3 Å². The predicted molar refractivity (Wildman–Crippen MR) is 88.0 cm³/mol. The van der Waals surface area contributed by atoms with Crippen molar-refractivity contribution in [3.63, 3.8) is 0 Å². The lowest BCUT2D eigenvalue weighted by Gasteiger charge is -2.15. The maximum absolute atomic E-state index is 12.9.